The van der Waals surface area contributed by atoms with Gasteiger partial charge in [0, 0.05) is 25.7 Å². The Bertz CT molecular complexity index is 538. The molecular weight excluding hydrogens is 306 g/mol. The Morgan fingerprint density at radius 3 is 1.72 bits per heavy atom. The lowest BCUT2D eigenvalue weighted by molar-refractivity contribution is 0.0276. The van der Waals surface area contributed by atoms with E-state index in [-0.39, 0.29) is 6.10 Å². The summed E-state index contributed by atoms with van der Waals surface area (Å²) in [6.07, 6.45) is 3.82. The molecule has 0 radical (unpaired) electrons. The van der Waals surface area contributed by atoms with Gasteiger partial charge in [-0.2, -0.15) is 0 Å². The van der Waals surface area contributed by atoms with Gasteiger partial charge >= 0.3 is 0 Å². The van der Waals surface area contributed by atoms with Crippen LogP contribution >= 0.6 is 0 Å². The van der Waals surface area contributed by atoms with Crippen molar-refractivity contribution in [2.45, 2.75) is 58.2 Å². The molecule has 2 nitrogen and oxygen atoms in total. The fraction of sp³-hybridized carbons (Fsp3) is 0.478. The minimum absolute atomic E-state index is 0.275. The maximum atomic E-state index is 5.81. The standard InChI is InChI=1S/C23H33NO/c1-5-6-17-23(25-4)18-24(19(2)21-13-9-7-10-14-21)20(3)22-15-11-8-12-16-22/h7-16,19-20,23H,5-6,17-18H2,1-4H3/t19-,20-,23?/m1/s1. The van der Waals surface area contributed by atoms with Gasteiger partial charge in [-0.15, -0.1) is 0 Å². The Kier molecular flexibility index (Phi) is 8.17. The molecule has 2 aromatic rings. The van der Waals surface area contributed by atoms with E-state index in [2.05, 4.69) is 86.3 Å². The minimum Gasteiger partial charge on any atom is -0.380 e. The van der Waals surface area contributed by atoms with E-state index in [1.165, 1.54) is 24.0 Å². The Hall–Kier alpha value is -1.64. The highest BCUT2D eigenvalue weighted by atomic mass is 16.5. The van der Waals surface area contributed by atoms with Gasteiger partial charge in [-0.25, -0.2) is 0 Å². The monoisotopic (exact) mass is 339 g/mol. The third-order valence-electron chi connectivity index (χ3n) is 5.19. The molecule has 0 heterocycles. The van der Waals surface area contributed by atoms with E-state index in [1.807, 2.05) is 7.11 Å². The molecule has 3 atom stereocenters. The van der Waals surface area contributed by atoms with Gasteiger partial charge in [-0.3, -0.25) is 4.90 Å². The average Bonchev–Trinajstić information content (AvgIpc) is 2.68. The number of nitrogens with zero attached hydrogens (tertiary/aromatic N) is 1. The minimum atomic E-state index is 0.275. The number of unbranched alkanes of at least 4 members (excludes halogenated alkanes) is 1. The van der Waals surface area contributed by atoms with Crippen LogP contribution in [0, 0.1) is 0 Å². The van der Waals surface area contributed by atoms with E-state index in [0.29, 0.717) is 12.1 Å². The summed E-state index contributed by atoms with van der Waals surface area (Å²) in [7, 11) is 1.85. The molecule has 2 aromatic carbocycles. The van der Waals surface area contributed by atoms with Crippen LogP contribution in [0.1, 0.15) is 63.2 Å². The first-order valence-electron chi connectivity index (χ1n) is 9.55. The highest BCUT2D eigenvalue weighted by Crippen LogP contribution is 2.31. The van der Waals surface area contributed by atoms with E-state index < -0.39 is 0 Å². The lowest BCUT2D eigenvalue weighted by Crippen LogP contribution is -2.37. The van der Waals surface area contributed by atoms with Crippen LogP contribution in [0.25, 0.3) is 0 Å². The molecule has 0 aliphatic rings. The van der Waals surface area contributed by atoms with Crippen molar-refractivity contribution < 1.29 is 4.74 Å². The molecule has 0 saturated heterocycles. The van der Waals surface area contributed by atoms with Crippen molar-refractivity contribution in [2.75, 3.05) is 13.7 Å². The van der Waals surface area contributed by atoms with Crippen LogP contribution < -0.4 is 0 Å². The molecule has 0 fully saturated rings. The summed E-state index contributed by atoms with van der Waals surface area (Å²) in [4.78, 5) is 2.58. The first-order chi connectivity index (χ1) is 12.2. The van der Waals surface area contributed by atoms with E-state index in [0.717, 1.165) is 13.0 Å². The van der Waals surface area contributed by atoms with E-state index in [9.17, 15) is 0 Å². The predicted octanol–water partition coefficient (Wildman–Crippen LogP) is 6.02. The number of methoxy groups -OCH3 is 1. The molecule has 2 heteroatoms. The Morgan fingerprint density at radius 1 is 0.840 bits per heavy atom. The third kappa shape index (κ3) is 5.69. The van der Waals surface area contributed by atoms with Gasteiger partial charge in [-0.05, 0) is 31.4 Å². The largest absolute Gasteiger partial charge is 0.380 e. The number of rotatable bonds is 10. The molecule has 2 rings (SSSR count). The van der Waals surface area contributed by atoms with Crippen LogP contribution in [0.5, 0.6) is 0 Å². The fourth-order valence-electron chi connectivity index (χ4n) is 3.45. The topological polar surface area (TPSA) is 12.5 Å². The summed E-state index contributed by atoms with van der Waals surface area (Å²) in [5, 5.41) is 0. The molecule has 0 aliphatic carbocycles. The van der Waals surface area contributed by atoms with Crippen LogP contribution in [0.2, 0.25) is 0 Å². The molecule has 0 aliphatic heterocycles. The highest BCUT2D eigenvalue weighted by molar-refractivity contribution is 5.22. The number of hydrogen-bond donors (Lipinski definition) is 0. The van der Waals surface area contributed by atoms with Crippen molar-refractivity contribution in [3.8, 4) is 0 Å². The number of benzene rings is 2. The van der Waals surface area contributed by atoms with Gasteiger partial charge in [0.25, 0.3) is 0 Å². The SMILES string of the molecule is CCCCC(CN([C@H](C)c1ccccc1)[C@H](C)c1ccccc1)OC. The molecule has 0 N–H and O–H groups in total. The van der Waals surface area contributed by atoms with Crippen LogP contribution in [0.15, 0.2) is 60.7 Å². The summed E-state index contributed by atoms with van der Waals surface area (Å²) in [6.45, 7) is 7.80. The third-order valence-corrected chi connectivity index (χ3v) is 5.19. The normalized spacial score (nSPS) is 15.1. The fourth-order valence-corrected chi connectivity index (χ4v) is 3.45. The summed E-state index contributed by atoms with van der Waals surface area (Å²) in [5.41, 5.74) is 2.71. The van der Waals surface area contributed by atoms with Crippen molar-refractivity contribution in [1.82, 2.24) is 4.90 Å². The van der Waals surface area contributed by atoms with Crippen molar-refractivity contribution in [3.63, 3.8) is 0 Å². The Balaban J connectivity index is 2.23. The molecule has 0 saturated carbocycles. The van der Waals surface area contributed by atoms with Crippen molar-refractivity contribution in [1.29, 1.82) is 0 Å². The molecule has 136 valence electrons. The van der Waals surface area contributed by atoms with Gasteiger partial charge in [0.15, 0.2) is 0 Å². The van der Waals surface area contributed by atoms with Gasteiger partial charge in [0.2, 0.25) is 0 Å². The molecule has 0 spiro atoms. The molecule has 0 aromatic heterocycles. The Labute approximate surface area is 153 Å². The maximum absolute atomic E-state index is 5.81. The summed E-state index contributed by atoms with van der Waals surface area (Å²) >= 11 is 0. The van der Waals surface area contributed by atoms with Crippen LogP contribution in [0.4, 0.5) is 0 Å². The summed E-state index contributed by atoms with van der Waals surface area (Å²) < 4.78 is 5.81. The quantitative estimate of drug-likeness (QED) is 0.525. The average molecular weight is 340 g/mol. The Morgan fingerprint density at radius 2 is 1.32 bits per heavy atom. The molecular formula is C23H33NO. The molecule has 0 amide bonds. The second kappa shape index (κ2) is 10.4. The summed E-state index contributed by atoms with van der Waals surface area (Å²) in [5.74, 6) is 0. The van der Waals surface area contributed by atoms with Gasteiger partial charge in [0.05, 0.1) is 6.10 Å². The molecule has 1 unspecified atom stereocenters. The van der Waals surface area contributed by atoms with E-state index in [1.54, 1.807) is 0 Å². The van der Waals surface area contributed by atoms with Gasteiger partial charge in [0.1, 0.15) is 0 Å². The zero-order valence-corrected chi connectivity index (χ0v) is 16.2. The van der Waals surface area contributed by atoms with Crippen LogP contribution in [0.3, 0.4) is 0 Å². The van der Waals surface area contributed by atoms with Gasteiger partial charge < -0.3 is 4.74 Å². The van der Waals surface area contributed by atoms with Crippen molar-refractivity contribution in [2.24, 2.45) is 0 Å². The highest BCUT2D eigenvalue weighted by Gasteiger charge is 2.25. The van der Waals surface area contributed by atoms with Crippen molar-refractivity contribution >= 4 is 0 Å². The van der Waals surface area contributed by atoms with Gasteiger partial charge in [-0.1, -0.05) is 80.4 Å². The second-order valence-electron chi connectivity index (χ2n) is 6.87. The first kappa shape index (κ1) is 19.7. The van der Waals surface area contributed by atoms with Crippen molar-refractivity contribution in [3.05, 3.63) is 71.8 Å². The number of ether oxygens (including phenoxy) is 1. The first-order valence-corrected chi connectivity index (χ1v) is 9.55. The summed E-state index contributed by atoms with van der Waals surface area (Å²) in [6, 6.07) is 22.3. The molecule has 0 bridgehead atoms. The number of hydrogen-bond acceptors (Lipinski definition) is 2. The van der Waals surface area contributed by atoms with E-state index >= 15 is 0 Å². The zero-order valence-electron chi connectivity index (χ0n) is 16.2. The van der Waals surface area contributed by atoms with Crippen LogP contribution in [-0.4, -0.2) is 24.7 Å². The smallest absolute Gasteiger partial charge is 0.0698 e. The van der Waals surface area contributed by atoms with Crippen LogP contribution in [-0.2, 0) is 4.74 Å². The lowest BCUT2D eigenvalue weighted by atomic mass is 9.99. The maximum Gasteiger partial charge on any atom is 0.0698 e. The van der Waals surface area contributed by atoms with E-state index in [4.69, 9.17) is 4.74 Å². The zero-order chi connectivity index (χ0) is 18.1. The lowest BCUT2D eigenvalue weighted by Gasteiger charge is -2.37. The molecule has 25 heavy (non-hydrogen) atoms. The predicted molar refractivity (Wildman–Crippen MR) is 107 cm³/mol. The second-order valence-corrected chi connectivity index (χ2v) is 6.87.